The molecular weight excluding hydrogens is 657 g/mol. The molecule has 0 bridgehead atoms. The molecule has 4 nitrogen and oxygen atoms in total. The molecule has 9 rings (SSSR count). The van der Waals surface area contributed by atoms with Gasteiger partial charge in [-0.1, -0.05) is 125 Å². The van der Waals surface area contributed by atoms with Crippen molar-refractivity contribution in [3.8, 4) is 45.8 Å². The summed E-state index contributed by atoms with van der Waals surface area (Å²) in [5, 5.41) is 24.6. The third kappa shape index (κ3) is 4.96. The van der Waals surface area contributed by atoms with Crippen LogP contribution in [0.4, 0.5) is 0 Å². The van der Waals surface area contributed by atoms with Crippen LogP contribution < -0.4 is 0 Å². The summed E-state index contributed by atoms with van der Waals surface area (Å²) in [6.07, 6.45) is 0. The molecule has 4 heteroatoms. The van der Waals surface area contributed by atoms with Gasteiger partial charge in [0.1, 0.15) is 0 Å². The largest absolute Gasteiger partial charge is 0.309 e. The van der Waals surface area contributed by atoms with Crippen molar-refractivity contribution in [1.82, 2.24) is 9.13 Å². The summed E-state index contributed by atoms with van der Waals surface area (Å²) in [5.41, 5.74) is 14.9. The van der Waals surface area contributed by atoms with Crippen molar-refractivity contribution < 1.29 is 0 Å². The van der Waals surface area contributed by atoms with Gasteiger partial charge in [-0.3, -0.25) is 0 Å². The number of rotatable bonds is 6. The number of nitriles is 2. The van der Waals surface area contributed by atoms with Crippen LogP contribution in [0.25, 0.3) is 77.2 Å². The fraction of sp³-hybridized carbons (Fsp3) is 0.120. The standard InChI is InChI=1S/C50H38N4/c1-31(2)45-47(35-25-21-33(29-51)22-26-35)50(54-43-19-11-7-15-39(43)40-16-8-12-20-44(40)54)48(36-27-23-34(30-52)24-28-36)46(32(3)4)49(45)53-41-17-9-5-13-37(41)38-14-6-10-18-42(38)53/h5-28,31-32H,1-4H3. The summed E-state index contributed by atoms with van der Waals surface area (Å²) in [4.78, 5) is 0. The maximum absolute atomic E-state index is 9.91. The summed E-state index contributed by atoms with van der Waals surface area (Å²) in [6, 6.07) is 55.7. The van der Waals surface area contributed by atoms with E-state index in [1.54, 1.807) is 0 Å². The minimum atomic E-state index is 0.102. The van der Waals surface area contributed by atoms with Crippen LogP contribution in [0.1, 0.15) is 61.8 Å². The van der Waals surface area contributed by atoms with E-state index in [9.17, 15) is 10.5 Å². The number of hydrogen-bond acceptors (Lipinski definition) is 2. The Bertz CT molecular complexity index is 2800. The van der Waals surface area contributed by atoms with E-state index in [1.165, 1.54) is 38.4 Å². The van der Waals surface area contributed by atoms with Gasteiger partial charge in [0.25, 0.3) is 0 Å². The third-order valence-corrected chi connectivity index (χ3v) is 10.9. The Labute approximate surface area is 315 Å². The lowest BCUT2D eigenvalue weighted by molar-refractivity contribution is 0.815. The predicted octanol–water partition coefficient (Wildman–Crippen LogP) is 13.2. The first-order valence-corrected chi connectivity index (χ1v) is 18.6. The molecule has 7 aromatic carbocycles. The zero-order valence-electron chi connectivity index (χ0n) is 30.8. The van der Waals surface area contributed by atoms with Crippen molar-refractivity contribution in [1.29, 1.82) is 10.5 Å². The average Bonchev–Trinajstić information content (AvgIpc) is 3.72. The van der Waals surface area contributed by atoms with Crippen LogP contribution >= 0.6 is 0 Å². The number of aromatic nitrogens is 2. The van der Waals surface area contributed by atoms with Gasteiger partial charge in [0.2, 0.25) is 0 Å². The Balaban J connectivity index is 1.62. The van der Waals surface area contributed by atoms with Gasteiger partial charge in [0, 0.05) is 32.7 Å². The Morgan fingerprint density at radius 3 is 0.981 bits per heavy atom. The summed E-state index contributed by atoms with van der Waals surface area (Å²) < 4.78 is 4.98. The molecule has 0 N–H and O–H groups in total. The normalized spacial score (nSPS) is 11.6. The molecule has 2 heterocycles. The van der Waals surface area contributed by atoms with Crippen molar-refractivity contribution in [2.24, 2.45) is 0 Å². The van der Waals surface area contributed by atoms with Crippen LogP contribution in [0.5, 0.6) is 0 Å². The maximum Gasteiger partial charge on any atom is 0.0991 e. The molecule has 0 atom stereocenters. The van der Waals surface area contributed by atoms with E-state index in [0.29, 0.717) is 11.1 Å². The van der Waals surface area contributed by atoms with Crippen molar-refractivity contribution in [3.63, 3.8) is 0 Å². The summed E-state index contributed by atoms with van der Waals surface area (Å²) in [5.74, 6) is 0.204. The Kier molecular flexibility index (Phi) is 7.92. The molecule has 2 aromatic heterocycles. The highest BCUT2D eigenvalue weighted by Crippen LogP contribution is 2.52. The smallest absolute Gasteiger partial charge is 0.0991 e. The van der Waals surface area contributed by atoms with Crippen molar-refractivity contribution in [2.45, 2.75) is 39.5 Å². The Morgan fingerprint density at radius 1 is 0.389 bits per heavy atom. The summed E-state index contributed by atoms with van der Waals surface area (Å²) in [7, 11) is 0. The molecule has 0 aliphatic rings. The molecule has 258 valence electrons. The summed E-state index contributed by atoms with van der Waals surface area (Å²) >= 11 is 0. The van der Waals surface area contributed by atoms with Crippen molar-refractivity contribution in [3.05, 3.63) is 168 Å². The second-order valence-corrected chi connectivity index (χ2v) is 14.7. The van der Waals surface area contributed by atoms with Crippen molar-refractivity contribution >= 4 is 43.6 Å². The van der Waals surface area contributed by atoms with Gasteiger partial charge < -0.3 is 9.13 Å². The number of nitrogens with zero attached hydrogens (tertiary/aromatic N) is 4. The van der Waals surface area contributed by atoms with Gasteiger partial charge in [-0.2, -0.15) is 10.5 Å². The van der Waals surface area contributed by atoms with Gasteiger partial charge in [-0.25, -0.2) is 0 Å². The van der Waals surface area contributed by atoms with Gasteiger partial charge >= 0.3 is 0 Å². The first-order valence-electron chi connectivity index (χ1n) is 18.6. The third-order valence-electron chi connectivity index (χ3n) is 10.9. The highest BCUT2D eigenvalue weighted by Gasteiger charge is 2.32. The zero-order chi connectivity index (χ0) is 37.1. The van der Waals surface area contributed by atoms with Crippen LogP contribution in [0.3, 0.4) is 0 Å². The van der Waals surface area contributed by atoms with E-state index in [-0.39, 0.29) is 11.8 Å². The Morgan fingerprint density at radius 2 is 0.685 bits per heavy atom. The molecule has 0 fully saturated rings. The minimum absolute atomic E-state index is 0.102. The lowest BCUT2D eigenvalue weighted by atomic mass is 9.79. The topological polar surface area (TPSA) is 57.4 Å². The van der Waals surface area contributed by atoms with E-state index >= 15 is 0 Å². The fourth-order valence-corrected chi connectivity index (χ4v) is 8.68. The molecule has 0 spiro atoms. The lowest BCUT2D eigenvalue weighted by Gasteiger charge is -2.32. The first-order chi connectivity index (χ1) is 26.4. The zero-order valence-corrected chi connectivity index (χ0v) is 30.8. The second kappa shape index (κ2) is 13.0. The van der Waals surface area contributed by atoms with Crippen LogP contribution in [-0.2, 0) is 0 Å². The van der Waals surface area contributed by atoms with Crippen molar-refractivity contribution in [2.75, 3.05) is 0 Å². The van der Waals surface area contributed by atoms with Crippen LogP contribution in [0, 0.1) is 22.7 Å². The number of fused-ring (bicyclic) bond motifs is 6. The minimum Gasteiger partial charge on any atom is -0.309 e. The molecule has 0 amide bonds. The highest BCUT2D eigenvalue weighted by molar-refractivity contribution is 6.13. The van der Waals surface area contributed by atoms with Gasteiger partial charge in [-0.15, -0.1) is 0 Å². The van der Waals surface area contributed by atoms with Crippen LogP contribution in [0.2, 0.25) is 0 Å². The molecule has 0 aliphatic heterocycles. The lowest BCUT2D eigenvalue weighted by Crippen LogP contribution is -2.15. The number of benzene rings is 7. The molecule has 0 radical (unpaired) electrons. The Hall–Kier alpha value is -6.88. The van der Waals surface area contributed by atoms with Crippen LogP contribution in [0.15, 0.2) is 146 Å². The molecule has 54 heavy (non-hydrogen) atoms. The van der Waals surface area contributed by atoms with E-state index in [2.05, 4.69) is 170 Å². The van der Waals surface area contributed by atoms with Crippen LogP contribution in [-0.4, -0.2) is 9.13 Å². The average molecular weight is 695 g/mol. The number of hydrogen-bond donors (Lipinski definition) is 0. The first kappa shape index (κ1) is 33.0. The van der Waals surface area contributed by atoms with Gasteiger partial charge in [-0.05, 0) is 82.6 Å². The molecular formula is C50H38N4. The number of para-hydroxylation sites is 4. The molecule has 0 aliphatic carbocycles. The molecule has 0 saturated heterocycles. The maximum atomic E-state index is 9.91. The van der Waals surface area contributed by atoms with E-state index in [4.69, 9.17) is 0 Å². The van der Waals surface area contributed by atoms with E-state index < -0.39 is 0 Å². The molecule has 0 saturated carbocycles. The SMILES string of the molecule is CC(C)c1c(-c2ccc(C#N)cc2)c(-n2c3ccccc3c3ccccc32)c(-c2ccc(C#N)cc2)c(C(C)C)c1-n1c2ccccc2c2ccccc21. The summed E-state index contributed by atoms with van der Waals surface area (Å²) in [6.45, 7) is 9.23. The van der Waals surface area contributed by atoms with E-state index in [1.807, 2.05) is 24.3 Å². The van der Waals surface area contributed by atoms with Gasteiger partial charge in [0.15, 0.2) is 0 Å². The van der Waals surface area contributed by atoms with Gasteiger partial charge in [0.05, 0.1) is 56.7 Å². The fourth-order valence-electron chi connectivity index (χ4n) is 8.68. The highest BCUT2D eigenvalue weighted by atomic mass is 15.0. The molecule has 9 aromatic rings. The second-order valence-electron chi connectivity index (χ2n) is 14.7. The monoisotopic (exact) mass is 694 g/mol. The molecule has 0 unspecified atom stereocenters. The quantitative estimate of drug-likeness (QED) is 0.174. The predicted molar refractivity (Wildman–Crippen MR) is 224 cm³/mol. The van der Waals surface area contributed by atoms with E-state index in [0.717, 1.165) is 50.0 Å².